The van der Waals surface area contributed by atoms with Crippen molar-refractivity contribution in [1.29, 1.82) is 5.26 Å². The van der Waals surface area contributed by atoms with Crippen molar-refractivity contribution in [2.75, 3.05) is 13.1 Å². The van der Waals surface area contributed by atoms with Crippen molar-refractivity contribution in [2.45, 2.75) is 19.4 Å². The number of piperazine rings is 1. The van der Waals surface area contributed by atoms with E-state index in [4.69, 9.17) is 5.26 Å². The van der Waals surface area contributed by atoms with Gasteiger partial charge in [-0.15, -0.1) is 0 Å². The van der Waals surface area contributed by atoms with Crippen molar-refractivity contribution >= 4 is 17.6 Å². The Labute approximate surface area is 122 Å². The Balaban J connectivity index is 2.15. The molecule has 6 heteroatoms. The number of nitrogens with one attached hydrogen (secondary N) is 1. The van der Waals surface area contributed by atoms with Crippen LogP contribution in [0.5, 0.6) is 0 Å². The number of hydrogen-bond acceptors (Lipinski definition) is 5. The molecule has 2 amide bonds. The van der Waals surface area contributed by atoms with E-state index in [0.29, 0.717) is 11.1 Å². The minimum Gasteiger partial charge on any atom is -0.294 e. The third-order valence-corrected chi connectivity index (χ3v) is 3.60. The number of ketones is 1. The summed E-state index contributed by atoms with van der Waals surface area (Å²) in [5, 5.41) is 11.0. The molecule has 1 saturated heterocycles. The molecule has 0 radical (unpaired) electrons. The first-order valence-electron chi connectivity index (χ1n) is 6.47. The van der Waals surface area contributed by atoms with Gasteiger partial charge in [0, 0.05) is 5.56 Å². The first kappa shape index (κ1) is 14.9. The van der Waals surface area contributed by atoms with Gasteiger partial charge in [0.25, 0.3) is 0 Å². The summed E-state index contributed by atoms with van der Waals surface area (Å²) in [6.45, 7) is 3.31. The molecule has 1 fully saturated rings. The molecule has 2 rings (SSSR count). The molecule has 0 atom stereocenters. The fourth-order valence-corrected chi connectivity index (χ4v) is 2.08. The molecular weight excluding hydrogens is 270 g/mol. The molecule has 0 spiro atoms. The van der Waals surface area contributed by atoms with Gasteiger partial charge in [-0.1, -0.05) is 12.1 Å². The summed E-state index contributed by atoms with van der Waals surface area (Å²) in [6, 6.07) is 8.24. The predicted octanol–water partition coefficient (Wildman–Crippen LogP) is 0.478. The minimum atomic E-state index is -0.920. The first-order chi connectivity index (χ1) is 9.84. The standard InChI is InChI=1S/C15H15N3O3/c1-15(2)14(21)17-13(20)9-18(15)8-12(19)11-5-3-10(7-16)4-6-11/h3-6H,8-9H2,1-2H3,(H,17,20,21). The van der Waals surface area contributed by atoms with Gasteiger partial charge in [0.1, 0.15) is 0 Å². The van der Waals surface area contributed by atoms with Crippen LogP contribution < -0.4 is 5.32 Å². The lowest BCUT2D eigenvalue weighted by Gasteiger charge is -2.39. The van der Waals surface area contributed by atoms with Crippen LogP contribution in [0.3, 0.4) is 0 Å². The van der Waals surface area contributed by atoms with Crippen molar-refractivity contribution in [3.8, 4) is 6.07 Å². The van der Waals surface area contributed by atoms with Crippen LogP contribution >= 0.6 is 0 Å². The highest BCUT2D eigenvalue weighted by molar-refractivity contribution is 6.04. The van der Waals surface area contributed by atoms with E-state index >= 15 is 0 Å². The first-order valence-corrected chi connectivity index (χ1v) is 6.47. The van der Waals surface area contributed by atoms with E-state index in [-0.39, 0.29) is 18.9 Å². The molecule has 0 aliphatic carbocycles. The van der Waals surface area contributed by atoms with E-state index in [0.717, 1.165) is 0 Å². The third-order valence-electron chi connectivity index (χ3n) is 3.60. The molecule has 108 valence electrons. The molecule has 0 aromatic heterocycles. The van der Waals surface area contributed by atoms with Gasteiger partial charge in [-0.3, -0.25) is 24.6 Å². The number of hydrogen-bond donors (Lipinski definition) is 1. The third kappa shape index (κ3) is 2.98. The highest BCUT2D eigenvalue weighted by atomic mass is 16.2. The van der Waals surface area contributed by atoms with Crippen LogP contribution in [0, 0.1) is 11.3 Å². The van der Waals surface area contributed by atoms with Crippen LogP contribution in [0.4, 0.5) is 0 Å². The van der Waals surface area contributed by atoms with Crippen LogP contribution in [-0.4, -0.2) is 41.1 Å². The molecule has 1 heterocycles. The van der Waals surface area contributed by atoms with Gasteiger partial charge in [0.2, 0.25) is 11.8 Å². The summed E-state index contributed by atoms with van der Waals surface area (Å²) in [5.74, 6) is -1.02. The van der Waals surface area contributed by atoms with Gasteiger partial charge in [-0.05, 0) is 26.0 Å². The monoisotopic (exact) mass is 285 g/mol. The molecular formula is C15H15N3O3. The van der Waals surface area contributed by atoms with Gasteiger partial charge >= 0.3 is 0 Å². The Morgan fingerprint density at radius 1 is 1.33 bits per heavy atom. The normalized spacial score (nSPS) is 18.0. The topological polar surface area (TPSA) is 90.3 Å². The van der Waals surface area contributed by atoms with Crippen molar-refractivity contribution in [3.63, 3.8) is 0 Å². The predicted molar refractivity (Wildman–Crippen MR) is 74.3 cm³/mol. The van der Waals surface area contributed by atoms with E-state index in [9.17, 15) is 14.4 Å². The number of carbonyl (C=O) groups is 3. The second kappa shape index (κ2) is 5.46. The van der Waals surface area contributed by atoms with Gasteiger partial charge in [-0.2, -0.15) is 5.26 Å². The Bertz CT molecular complexity index is 641. The van der Waals surface area contributed by atoms with E-state index in [1.165, 1.54) is 0 Å². The molecule has 1 aliphatic rings. The van der Waals surface area contributed by atoms with Crippen LogP contribution in [0.15, 0.2) is 24.3 Å². The van der Waals surface area contributed by atoms with Crippen molar-refractivity contribution in [2.24, 2.45) is 0 Å². The van der Waals surface area contributed by atoms with Crippen molar-refractivity contribution in [1.82, 2.24) is 10.2 Å². The molecule has 0 saturated carbocycles. The zero-order valence-corrected chi connectivity index (χ0v) is 11.8. The van der Waals surface area contributed by atoms with Gasteiger partial charge in [-0.25, -0.2) is 0 Å². The quantitative estimate of drug-likeness (QED) is 0.644. The largest absolute Gasteiger partial charge is 0.294 e. The van der Waals surface area contributed by atoms with Gasteiger partial charge in [0.15, 0.2) is 5.78 Å². The maximum Gasteiger partial charge on any atom is 0.246 e. The Hall–Kier alpha value is -2.52. The number of nitriles is 1. The Morgan fingerprint density at radius 2 is 1.95 bits per heavy atom. The van der Waals surface area contributed by atoms with Crippen LogP contribution in [0.25, 0.3) is 0 Å². The van der Waals surface area contributed by atoms with Crippen LogP contribution in [0.2, 0.25) is 0 Å². The average molecular weight is 285 g/mol. The van der Waals surface area contributed by atoms with Crippen LogP contribution in [0.1, 0.15) is 29.8 Å². The molecule has 0 unspecified atom stereocenters. The molecule has 1 aromatic carbocycles. The highest BCUT2D eigenvalue weighted by Gasteiger charge is 2.41. The molecule has 1 aromatic rings. The van der Waals surface area contributed by atoms with E-state index in [1.807, 2.05) is 6.07 Å². The van der Waals surface area contributed by atoms with Crippen molar-refractivity contribution < 1.29 is 14.4 Å². The summed E-state index contributed by atoms with van der Waals surface area (Å²) in [4.78, 5) is 37.1. The Morgan fingerprint density at radius 3 is 2.52 bits per heavy atom. The van der Waals surface area contributed by atoms with Gasteiger partial charge in [0.05, 0.1) is 30.3 Å². The van der Waals surface area contributed by atoms with E-state index in [1.54, 1.807) is 43.0 Å². The number of imide groups is 1. The molecule has 6 nitrogen and oxygen atoms in total. The molecule has 21 heavy (non-hydrogen) atoms. The molecule has 1 N–H and O–H groups in total. The fourth-order valence-electron chi connectivity index (χ4n) is 2.08. The van der Waals surface area contributed by atoms with E-state index < -0.39 is 17.4 Å². The number of amides is 2. The second-order valence-electron chi connectivity index (χ2n) is 5.40. The number of benzene rings is 1. The average Bonchev–Trinajstić information content (AvgIpc) is 2.45. The zero-order valence-electron chi connectivity index (χ0n) is 11.8. The number of nitrogens with zero attached hydrogens (tertiary/aromatic N) is 2. The number of Topliss-reactive ketones (excluding diaryl/α,β-unsaturated/α-hetero) is 1. The molecule has 0 bridgehead atoms. The number of rotatable bonds is 3. The smallest absolute Gasteiger partial charge is 0.246 e. The number of carbonyl (C=O) groups excluding carboxylic acids is 3. The fraction of sp³-hybridized carbons (Fsp3) is 0.333. The highest BCUT2D eigenvalue weighted by Crippen LogP contribution is 2.18. The minimum absolute atomic E-state index is 0.000753. The molecule has 1 aliphatic heterocycles. The summed E-state index contributed by atoms with van der Waals surface area (Å²) in [7, 11) is 0. The maximum atomic E-state index is 12.2. The SMILES string of the molecule is CC1(C)C(=O)NC(=O)CN1CC(=O)c1ccc(C#N)cc1. The summed E-state index contributed by atoms with van der Waals surface area (Å²) < 4.78 is 0. The summed E-state index contributed by atoms with van der Waals surface area (Å²) in [6.07, 6.45) is 0. The second-order valence-corrected chi connectivity index (χ2v) is 5.40. The maximum absolute atomic E-state index is 12.2. The van der Waals surface area contributed by atoms with Crippen molar-refractivity contribution in [3.05, 3.63) is 35.4 Å². The van der Waals surface area contributed by atoms with Gasteiger partial charge < -0.3 is 0 Å². The Kier molecular flexibility index (Phi) is 3.87. The lowest BCUT2D eigenvalue weighted by atomic mass is 9.97. The van der Waals surface area contributed by atoms with E-state index in [2.05, 4.69) is 5.32 Å². The lowest BCUT2D eigenvalue weighted by Crippen LogP contribution is -2.64. The van der Waals surface area contributed by atoms with Crippen LogP contribution in [-0.2, 0) is 9.59 Å². The zero-order chi connectivity index (χ0) is 15.6. The lowest BCUT2D eigenvalue weighted by molar-refractivity contribution is -0.144. The summed E-state index contributed by atoms with van der Waals surface area (Å²) in [5.41, 5.74) is -0.00136. The summed E-state index contributed by atoms with van der Waals surface area (Å²) >= 11 is 0.